The van der Waals surface area contributed by atoms with Crippen LogP contribution in [-0.4, -0.2) is 25.7 Å². The molecule has 0 bridgehead atoms. The molecule has 1 aromatic rings. The maximum atomic E-state index is 11.6. The second-order valence-electron chi connectivity index (χ2n) is 5.63. The van der Waals surface area contributed by atoms with Crippen LogP contribution in [0.25, 0.3) is 6.08 Å². The third kappa shape index (κ3) is 6.22. The summed E-state index contributed by atoms with van der Waals surface area (Å²) in [5.74, 6) is 0.274. The number of hydrogen-bond donors (Lipinski definition) is 0. The molecule has 22 heavy (non-hydrogen) atoms. The van der Waals surface area contributed by atoms with Gasteiger partial charge in [-0.25, -0.2) is 4.79 Å². The summed E-state index contributed by atoms with van der Waals surface area (Å²) in [6.45, 7) is 10.8. The Morgan fingerprint density at radius 1 is 1.36 bits per heavy atom. The molecule has 0 aliphatic carbocycles. The molecule has 0 atom stereocenters. The van der Waals surface area contributed by atoms with Crippen LogP contribution in [0.3, 0.4) is 0 Å². The molecular weight excluding hydrogens is 342 g/mol. The predicted molar refractivity (Wildman–Crippen MR) is 97.2 cm³/mol. The summed E-state index contributed by atoms with van der Waals surface area (Å²) >= 11 is 3.50. The van der Waals surface area contributed by atoms with Gasteiger partial charge in [-0.2, -0.15) is 0 Å². The average molecular weight is 368 g/mol. The van der Waals surface area contributed by atoms with E-state index in [9.17, 15) is 4.79 Å². The zero-order valence-corrected chi connectivity index (χ0v) is 15.5. The molecule has 0 saturated carbocycles. The number of carbonyl (C=O) groups excluding carboxylic acids is 1. The first-order valence-corrected chi connectivity index (χ1v) is 8.66. The van der Waals surface area contributed by atoms with Gasteiger partial charge in [-0.15, -0.1) is 0 Å². The van der Waals surface area contributed by atoms with Gasteiger partial charge in [0, 0.05) is 29.3 Å². The van der Waals surface area contributed by atoms with E-state index in [0.29, 0.717) is 12.5 Å². The molecule has 0 heterocycles. The van der Waals surface area contributed by atoms with Crippen molar-refractivity contribution in [3.8, 4) is 0 Å². The maximum Gasteiger partial charge on any atom is 0.330 e. The summed E-state index contributed by atoms with van der Waals surface area (Å²) in [6.07, 6.45) is 4.42. The first kappa shape index (κ1) is 18.8. The maximum absolute atomic E-state index is 11.6. The van der Waals surface area contributed by atoms with Gasteiger partial charge in [0.1, 0.15) is 0 Å². The molecule has 122 valence electrons. The molecular formula is C18H26BrNO2. The second-order valence-corrected chi connectivity index (χ2v) is 6.54. The minimum Gasteiger partial charge on any atom is -0.463 e. The van der Waals surface area contributed by atoms with Crippen molar-refractivity contribution < 1.29 is 9.53 Å². The number of hydrogen-bond acceptors (Lipinski definition) is 3. The molecule has 1 rings (SSSR count). The Morgan fingerprint density at radius 3 is 2.68 bits per heavy atom. The Labute approximate surface area is 142 Å². The number of nitrogens with zero attached hydrogens (tertiary/aromatic N) is 1. The summed E-state index contributed by atoms with van der Waals surface area (Å²) in [5, 5.41) is 0. The lowest BCUT2D eigenvalue weighted by Gasteiger charge is -2.28. The second kappa shape index (κ2) is 9.67. The fraction of sp³-hybridized carbons (Fsp3) is 0.500. The van der Waals surface area contributed by atoms with Crippen molar-refractivity contribution in [2.45, 2.75) is 34.1 Å². The number of esters is 1. The average Bonchev–Trinajstić information content (AvgIpc) is 2.45. The van der Waals surface area contributed by atoms with Crippen LogP contribution < -0.4 is 4.90 Å². The SMILES string of the molecule is CCCN(CC(C)C)c1ccc(Br)cc1C=CC(=O)OCC. The minimum absolute atomic E-state index is 0.306. The molecule has 0 aliphatic rings. The Kier molecular flexibility index (Phi) is 8.25. The third-order valence-electron chi connectivity index (χ3n) is 3.09. The standard InChI is InChI=1S/C18H26BrNO2/c1-5-11-20(13-14(3)4)17-9-8-16(19)12-15(17)7-10-18(21)22-6-2/h7-10,12,14H,5-6,11,13H2,1-4H3. The van der Waals surface area contributed by atoms with Gasteiger partial charge < -0.3 is 9.64 Å². The van der Waals surface area contributed by atoms with Crippen molar-refractivity contribution in [2.24, 2.45) is 5.92 Å². The van der Waals surface area contributed by atoms with Gasteiger partial charge in [0.25, 0.3) is 0 Å². The van der Waals surface area contributed by atoms with E-state index >= 15 is 0 Å². The lowest BCUT2D eigenvalue weighted by molar-refractivity contribution is -0.137. The normalized spacial score (nSPS) is 11.2. The smallest absolute Gasteiger partial charge is 0.330 e. The van der Waals surface area contributed by atoms with Crippen molar-refractivity contribution in [3.63, 3.8) is 0 Å². The van der Waals surface area contributed by atoms with E-state index in [1.807, 2.05) is 25.1 Å². The summed E-state index contributed by atoms with van der Waals surface area (Å²) < 4.78 is 5.96. The molecule has 0 amide bonds. The van der Waals surface area contributed by atoms with Gasteiger partial charge in [0.2, 0.25) is 0 Å². The molecule has 0 saturated heterocycles. The molecule has 0 unspecified atom stereocenters. The van der Waals surface area contributed by atoms with E-state index in [1.54, 1.807) is 0 Å². The summed E-state index contributed by atoms with van der Waals surface area (Å²) in [6, 6.07) is 6.18. The number of ether oxygens (including phenoxy) is 1. The van der Waals surface area contributed by atoms with E-state index in [0.717, 1.165) is 35.2 Å². The largest absolute Gasteiger partial charge is 0.463 e. The van der Waals surface area contributed by atoms with Gasteiger partial charge in [-0.05, 0) is 49.1 Å². The van der Waals surface area contributed by atoms with Crippen LogP contribution >= 0.6 is 15.9 Å². The van der Waals surface area contributed by atoms with Gasteiger partial charge in [-0.1, -0.05) is 36.7 Å². The Bertz CT molecular complexity index is 512. The molecule has 0 spiro atoms. The monoisotopic (exact) mass is 367 g/mol. The van der Waals surface area contributed by atoms with Crippen LogP contribution in [-0.2, 0) is 9.53 Å². The lowest BCUT2D eigenvalue weighted by Crippen LogP contribution is -2.29. The molecule has 0 aromatic heterocycles. The Morgan fingerprint density at radius 2 is 2.09 bits per heavy atom. The van der Waals surface area contributed by atoms with Crippen molar-refractivity contribution in [1.82, 2.24) is 0 Å². The number of rotatable bonds is 8. The van der Waals surface area contributed by atoms with E-state index in [4.69, 9.17) is 4.74 Å². The first-order chi connectivity index (χ1) is 10.5. The Hall–Kier alpha value is -1.29. The van der Waals surface area contributed by atoms with E-state index < -0.39 is 0 Å². The van der Waals surface area contributed by atoms with Gasteiger partial charge in [0.05, 0.1) is 6.61 Å². The van der Waals surface area contributed by atoms with Gasteiger partial charge in [0.15, 0.2) is 0 Å². The number of anilines is 1. The molecule has 0 aliphatic heterocycles. The fourth-order valence-electron chi connectivity index (χ4n) is 2.32. The highest BCUT2D eigenvalue weighted by molar-refractivity contribution is 9.10. The first-order valence-electron chi connectivity index (χ1n) is 7.87. The minimum atomic E-state index is -0.306. The molecule has 1 aromatic carbocycles. The highest BCUT2D eigenvalue weighted by Crippen LogP contribution is 2.27. The molecule has 0 N–H and O–H groups in total. The Balaban J connectivity index is 3.09. The van der Waals surface area contributed by atoms with E-state index in [2.05, 4.69) is 47.7 Å². The van der Waals surface area contributed by atoms with Gasteiger partial charge >= 0.3 is 5.97 Å². The van der Waals surface area contributed by atoms with E-state index in [-0.39, 0.29) is 5.97 Å². The highest BCUT2D eigenvalue weighted by Gasteiger charge is 2.11. The van der Waals surface area contributed by atoms with Crippen molar-refractivity contribution in [2.75, 3.05) is 24.6 Å². The van der Waals surface area contributed by atoms with E-state index in [1.165, 1.54) is 6.08 Å². The topological polar surface area (TPSA) is 29.5 Å². The predicted octanol–water partition coefficient (Wildman–Crippen LogP) is 4.90. The van der Waals surface area contributed by atoms with Crippen LogP contribution in [0.2, 0.25) is 0 Å². The van der Waals surface area contributed by atoms with Crippen LogP contribution in [0.5, 0.6) is 0 Å². The number of benzene rings is 1. The van der Waals surface area contributed by atoms with Gasteiger partial charge in [-0.3, -0.25) is 0 Å². The molecule has 0 fully saturated rings. The zero-order chi connectivity index (χ0) is 16.5. The fourth-order valence-corrected chi connectivity index (χ4v) is 2.69. The van der Waals surface area contributed by atoms with Crippen LogP contribution in [0.4, 0.5) is 5.69 Å². The third-order valence-corrected chi connectivity index (χ3v) is 3.59. The lowest BCUT2D eigenvalue weighted by atomic mass is 10.1. The number of halogens is 1. The summed E-state index contributed by atoms with van der Waals surface area (Å²) in [5.41, 5.74) is 2.18. The van der Waals surface area contributed by atoms with Crippen molar-refractivity contribution in [1.29, 1.82) is 0 Å². The van der Waals surface area contributed by atoms with Crippen molar-refractivity contribution in [3.05, 3.63) is 34.3 Å². The zero-order valence-electron chi connectivity index (χ0n) is 13.9. The molecule has 0 radical (unpaired) electrons. The van der Waals surface area contributed by atoms with Crippen molar-refractivity contribution >= 4 is 33.7 Å². The summed E-state index contributed by atoms with van der Waals surface area (Å²) in [7, 11) is 0. The van der Waals surface area contributed by atoms with Crippen LogP contribution in [0, 0.1) is 5.92 Å². The molecule has 3 nitrogen and oxygen atoms in total. The number of carbonyl (C=O) groups is 1. The van der Waals surface area contributed by atoms with Crippen LogP contribution in [0.15, 0.2) is 28.7 Å². The highest BCUT2D eigenvalue weighted by atomic mass is 79.9. The van der Waals surface area contributed by atoms with Crippen LogP contribution in [0.1, 0.15) is 39.7 Å². The molecule has 4 heteroatoms. The quantitative estimate of drug-likeness (QED) is 0.483. The summed E-state index contributed by atoms with van der Waals surface area (Å²) in [4.78, 5) is 13.9.